The smallest absolute Gasteiger partial charge is 0.244 e. The van der Waals surface area contributed by atoms with E-state index < -0.39 is 0 Å². The molecule has 0 saturated heterocycles. The summed E-state index contributed by atoms with van der Waals surface area (Å²) in [7, 11) is 0. The Labute approximate surface area is 120 Å². The van der Waals surface area contributed by atoms with Gasteiger partial charge in [-0.1, -0.05) is 0 Å². The van der Waals surface area contributed by atoms with Gasteiger partial charge in [0.25, 0.3) is 0 Å². The van der Waals surface area contributed by atoms with Crippen LogP contribution in [-0.2, 0) is 4.79 Å². The predicted molar refractivity (Wildman–Crippen MR) is 79.0 cm³/mol. The number of aromatic nitrogens is 2. The van der Waals surface area contributed by atoms with Gasteiger partial charge >= 0.3 is 0 Å². The van der Waals surface area contributed by atoms with Crippen molar-refractivity contribution in [1.29, 1.82) is 0 Å². The van der Waals surface area contributed by atoms with E-state index >= 15 is 0 Å². The maximum Gasteiger partial charge on any atom is 0.244 e. The minimum atomic E-state index is -0.369. The summed E-state index contributed by atoms with van der Waals surface area (Å²) in [6, 6.07) is 1.40. The number of likely N-dealkylation sites (N-methyl/N-ethyl adjacent to an activating group) is 1. The average molecular weight is 280 g/mol. The maximum absolute atomic E-state index is 12.2. The van der Waals surface area contributed by atoms with Gasteiger partial charge in [0.05, 0.1) is 6.61 Å². The monoisotopic (exact) mass is 280 g/mol. The van der Waals surface area contributed by atoms with Crippen LogP contribution in [0.3, 0.4) is 0 Å². The van der Waals surface area contributed by atoms with Gasteiger partial charge in [-0.2, -0.15) is 4.98 Å². The molecule has 0 radical (unpaired) electrons. The molecule has 112 valence electrons. The van der Waals surface area contributed by atoms with Gasteiger partial charge in [-0.25, -0.2) is 4.98 Å². The van der Waals surface area contributed by atoms with Gasteiger partial charge in [-0.15, -0.1) is 0 Å². The van der Waals surface area contributed by atoms with E-state index in [4.69, 9.17) is 4.74 Å². The third-order valence-corrected chi connectivity index (χ3v) is 2.91. The quantitative estimate of drug-likeness (QED) is 0.825. The number of hydrogen-bond acceptors (Lipinski definition) is 5. The highest BCUT2D eigenvalue weighted by atomic mass is 16.5. The van der Waals surface area contributed by atoms with Crippen molar-refractivity contribution in [3.8, 4) is 5.88 Å². The van der Waals surface area contributed by atoms with Gasteiger partial charge in [-0.05, 0) is 34.6 Å². The summed E-state index contributed by atoms with van der Waals surface area (Å²) < 4.78 is 5.37. The lowest BCUT2D eigenvalue weighted by Gasteiger charge is -2.23. The van der Waals surface area contributed by atoms with Crippen molar-refractivity contribution < 1.29 is 9.53 Å². The molecule has 0 spiro atoms. The Morgan fingerprint density at radius 1 is 1.35 bits per heavy atom. The molecule has 0 saturated carbocycles. The van der Waals surface area contributed by atoms with Crippen LogP contribution in [0.15, 0.2) is 6.07 Å². The van der Waals surface area contributed by atoms with Crippen molar-refractivity contribution in [3.05, 3.63) is 11.8 Å². The summed E-state index contributed by atoms with van der Waals surface area (Å²) in [4.78, 5) is 22.5. The molecule has 0 bridgehead atoms. The molecule has 6 heteroatoms. The lowest BCUT2D eigenvalue weighted by atomic mass is 10.3. The normalized spacial score (nSPS) is 11.8. The summed E-state index contributed by atoms with van der Waals surface area (Å²) in [5, 5.41) is 3.04. The predicted octanol–water partition coefficient (Wildman–Crippen LogP) is 1.85. The fourth-order valence-electron chi connectivity index (χ4n) is 1.89. The van der Waals surface area contributed by atoms with E-state index in [0.717, 1.165) is 5.69 Å². The molecule has 6 nitrogen and oxygen atoms in total. The van der Waals surface area contributed by atoms with Crippen molar-refractivity contribution >= 4 is 11.9 Å². The van der Waals surface area contributed by atoms with Crippen LogP contribution in [0.1, 0.15) is 33.4 Å². The highest BCUT2D eigenvalue weighted by molar-refractivity contribution is 5.83. The number of carbonyl (C=O) groups excluding carboxylic acids is 1. The van der Waals surface area contributed by atoms with Crippen LogP contribution in [0, 0.1) is 6.92 Å². The highest BCUT2D eigenvalue weighted by Crippen LogP contribution is 2.13. The molecule has 0 aromatic carbocycles. The average Bonchev–Trinajstić information content (AvgIpc) is 2.39. The first-order chi connectivity index (χ1) is 9.51. The Morgan fingerprint density at radius 2 is 2.00 bits per heavy atom. The van der Waals surface area contributed by atoms with Gasteiger partial charge in [-0.3, -0.25) is 4.79 Å². The van der Waals surface area contributed by atoms with Gasteiger partial charge < -0.3 is 15.0 Å². The number of carbonyl (C=O) groups is 1. The van der Waals surface area contributed by atoms with E-state index in [1.807, 2.05) is 34.6 Å². The molecule has 0 aliphatic heterocycles. The summed E-state index contributed by atoms with van der Waals surface area (Å²) in [6.07, 6.45) is 0. The molecular formula is C14H24N4O2. The zero-order chi connectivity index (χ0) is 15.1. The zero-order valence-electron chi connectivity index (χ0n) is 12.9. The third-order valence-electron chi connectivity index (χ3n) is 2.91. The second-order valence-electron chi connectivity index (χ2n) is 4.48. The van der Waals surface area contributed by atoms with E-state index in [9.17, 15) is 4.79 Å². The Balaban J connectivity index is 2.79. The Morgan fingerprint density at radius 3 is 2.55 bits per heavy atom. The van der Waals surface area contributed by atoms with Gasteiger partial charge in [0.2, 0.25) is 17.7 Å². The molecule has 1 N–H and O–H groups in total. The van der Waals surface area contributed by atoms with Crippen LogP contribution in [0.5, 0.6) is 5.88 Å². The molecule has 1 rings (SSSR count). The minimum Gasteiger partial charge on any atom is -0.478 e. The summed E-state index contributed by atoms with van der Waals surface area (Å²) in [6.45, 7) is 11.4. The molecule has 1 atom stereocenters. The molecule has 1 aromatic rings. The second kappa shape index (κ2) is 7.67. The number of nitrogens with one attached hydrogen (secondary N) is 1. The SMILES string of the molecule is CCOc1cc(C)nc(NC(C)C(=O)N(CC)CC)n1. The van der Waals surface area contributed by atoms with E-state index in [2.05, 4.69) is 15.3 Å². The van der Waals surface area contributed by atoms with Crippen molar-refractivity contribution in [3.63, 3.8) is 0 Å². The Hall–Kier alpha value is -1.85. The molecule has 1 amide bonds. The fraction of sp³-hybridized carbons (Fsp3) is 0.643. The van der Waals surface area contributed by atoms with Gasteiger partial charge in [0.15, 0.2) is 0 Å². The summed E-state index contributed by atoms with van der Waals surface area (Å²) in [5.74, 6) is 0.976. The topological polar surface area (TPSA) is 67.3 Å². The first-order valence-electron chi connectivity index (χ1n) is 7.05. The maximum atomic E-state index is 12.2. The highest BCUT2D eigenvalue weighted by Gasteiger charge is 2.19. The van der Waals surface area contributed by atoms with E-state index in [-0.39, 0.29) is 11.9 Å². The summed E-state index contributed by atoms with van der Waals surface area (Å²) in [5.41, 5.74) is 0.799. The van der Waals surface area contributed by atoms with Crippen LogP contribution in [0.4, 0.5) is 5.95 Å². The van der Waals surface area contributed by atoms with Crippen molar-refractivity contribution in [2.45, 2.75) is 40.7 Å². The number of amides is 1. The van der Waals surface area contributed by atoms with Crippen molar-refractivity contribution in [2.24, 2.45) is 0 Å². The van der Waals surface area contributed by atoms with Crippen LogP contribution in [0.25, 0.3) is 0 Å². The molecular weight excluding hydrogens is 256 g/mol. The molecule has 1 aromatic heterocycles. The fourth-order valence-corrected chi connectivity index (χ4v) is 1.89. The van der Waals surface area contributed by atoms with Crippen LogP contribution in [-0.4, -0.2) is 46.5 Å². The number of aryl methyl sites for hydroxylation is 1. The van der Waals surface area contributed by atoms with Crippen LogP contribution in [0.2, 0.25) is 0 Å². The molecule has 0 aliphatic rings. The van der Waals surface area contributed by atoms with E-state index in [1.54, 1.807) is 11.0 Å². The Kier molecular flexibility index (Phi) is 6.21. The number of anilines is 1. The zero-order valence-corrected chi connectivity index (χ0v) is 12.9. The first kappa shape index (κ1) is 16.2. The van der Waals surface area contributed by atoms with Crippen LogP contribution >= 0.6 is 0 Å². The summed E-state index contributed by atoms with van der Waals surface area (Å²) >= 11 is 0. The standard InChI is InChI=1S/C14H24N4O2/c1-6-18(7-2)13(19)11(5)16-14-15-10(4)9-12(17-14)20-8-3/h9,11H,6-8H2,1-5H3,(H,15,16,17). The van der Waals surface area contributed by atoms with Crippen LogP contribution < -0.4 is 10.1 Å². The molecule has 0 fully saturated rings. The van der Waals surface area contributed by atoms with Crippen molar-refractivity contribution in [1.82, 2.24) is 14.9 Å². The number of nitrogens with zero attached hydrogens (tertiary/aromatic N) is 3. The second-order valence-corrected chi connectivity index (χ2v) is 4.48. The van der Waals surface area contributed by atoms with Crippen molar-refractivity contribution in [2.75, 3.05) is 25.0 Å². The Bertz CT molecular complexity index is 447. The lowest BCUT2D eigenvalue weighted by molar-refractivity contribution is -0.131. The largest absolute Gasteiger partial charge is 0.478 e. The first-order valence-corrected chi connectivity index (χ1v) is 7.05. The molecule has 1 unspecified atom stereocenters. The molecule has 20 heavy (non-hydrogen) atoms. The van der Waals surface area contributed by atoms with E-state index in [1.165, 1.54) is 0 Å². The van der Waals surface area contributed by atoms with Gasteiger partial charge in [0, 0.05) is 24.8 Å². The molecule has 0 aliphatic carbocycles. The van der Waals surface area contributed by atoms with Gasteiger partial charge in [0.1, 0.15) is 6.04 Å². The number of hydrogen-bond donors (Lipinski definition) is 1. The third kappa shape index (κ3) is 4.36. The number of ether oxygens (including phenoxy) is 1. The molecule has 1 heterocycles. The lowest BCUT2D eigenvalue weighted by Crippen LogP contribution is -2.41. The number of rotatable bonds is 7. The minimum absolute atomic E-state index is 0.0399. The van der Waals surface area contributed by atoms with E-state index in [0.29, 0.717) is 31.5 Å².